The first-order valence-electron chi connectivity index (χ1n) is 7.57. The number of methoxy groups -OCH3 is 2. The van der Waals surface area contributed by atoms with Gasteiger partial charge in [-0.15, -0.1) is 0 Å². The molecule has 0 saturated heterocycles. The van der Waals surface area contributed by atoms with Crippen LogP contribution in [-0.4, -0.2) is 34.0 Å². The number of hydrogen-bond donors (Lipinski definition) is 0. The second-order valence-electron chi connectivity index (χ2n) is 5.48. The van der Waals surface area contributed by atoms with Gasteiger partial charge in [-0.25, -0.2) is 14.6 Å². The van der Waals surface area contributed by atoms with E-state index in [-0.39, 0.29) is 0 Å². The summed E-state index contributed by atoms with van der Waals surface area (Å²) in [6.07, 6.45) is 1.68. The van der Waals surface area contributed by atoms with Gasteiger partial charge in [0.15, 0.2) is 0 Å². The zero-order valence-corrected chi connectivity index (χ0v) is 14.5. The van der Waals surface area contributed by atoms with E-state index in [9.17, 15) is 0 Å². The predicted octanol–water partition coefficient (Wildman–Crippen LogP) is 2.92. The maximum atomic E-state index is 5.86. The number of hydrogen-bond acceptors (Lipinski definition) is 6. The van der Waals surface area contributed by atoms with Gasteiger partial charge in [-0.1, -0.05) is 0 Å². The van der Waals surface area contributed by atoms with Gasteiger partial charge in [-0.2, -0.15) is 5.10 Å². The lowest BCUT2D eigenvalue weighted by molar-refractivity contribution is 0.388. The molecule has 7 nitrogen and oxygen atoms in total. The van der Waals surface area contributed by atoms with Crippen LogP contribution in [0.15, 0.2) is 22.9 Å². The molecule has 0 aliphatic heterocycles. The fraction of sp³-hybridized carbons (Fsp3) is 0.353. The zero-order valence-electron chi connectivity index (χ0n) is 14.5. The molecule has 0 unspecified atom stereocenters. The van der Waals surface area contributed by atoms with E-state index in [1.54, 1.807) is 25.2 Å². The van der Waals surface area contributed by atoms with Gasteiger partial charge >= 0.3 is 0 Å². The van der Waals surface area contributed by atoms with Crippen LogP contribution in [0.25, 0.3) is 11.5 Å². The molecule has 0 amide bonds. The summed E-state index contributed by atoms with van der Waals surface area (Å²) in [7, 11) is 3.26. The van der Waals surface area contributed by atoms with Crippen LogP contribution in [0.2, 0.25) is 0 Å². The number of benzene rings is 1. The van der Waals surface area contributed by atoms with Gasteiger partial charge in [0.25, 0.3) is 0 Å². The van der Waals surface area contributed by atoms with E-state index in [4.69, 9.17) is 13.9 Å². The molecule has 2 aromatic heterocycles. The summed E-state index contributed by atoms with van der Waals surface area (Å²) in [5, 5.41) is 4.28. The Balaban J connectivity index is 1.99. The highest BCUT2D eigenvalue weighted by atomic mass is 16.5. The minimum atomic E-state index is 0.508. The average Bonchev–Trinajstić information content (AvgIpc) is 3.13. The van der Waals surface area contributed by atoms with Gasteiger partial charge in [0.2, 0.25) is 5.89 Å². The highest BCUT2D eigenvalue weighted by molar-refractivity contribution is 5.68. The van der Waals surface area contributed by atoms with Crippen molar-refractivity contribution in [3.05, 3.63) is 41.3 Å². The minimum absolute atomic E-state index is 0.508. The van der Waals surface area contributed by atoms with E-state index in [2.05, 4.69) is 15.1 Å². The second kappa shape index (κ2) is 6.35. The lowest BCUT2D eigenvalue weighted by Crippen LogP contribution is -2.02. The van der Waals surface area contributed by atoms with Crippen molar-refractivity contribution in [3.63, 3.8) is 0 Å². The van der Waals surface area contributed by atoms with Crippen molar-refractivity contribution in [2.45, 2.75) is 27.3 Å². The highest BCUT2D eigenvalue weighted by Crippen LogP contribution is 2.37. The summed E-state index contributed by atoms with van der Waals surface area (Å²) in [6.45, 7) is 6.19. The standard InChI is InChI=1S/C17H20N4O3/c1-10-15(22-4)7-6-13(16(10)23-5)17-19-14(11(2)24-17)8-21-9-18-12(3)20-21/h6-7,9H,8H2,1-5H3. The molecule has 24 heavy (non-hydrogen) atoms. The summed E-state index contributed by atoms with van der Waals surface area (Å²) < 4.78 is 18.5. The van der Waals surface area contributed by atoms with Gasteiger partial charge in [0.1, 0.15) is 35.1 Å². The van der Waals surface area contributed by atoms with Crippen LogP contribution < -0.4 is 9.47 Å². The lowest BCUT2D eigenvalue weighted by Gasteiger charge is -2.12. The molecule has 3 aromatic rings. The third-order valence-corrected chi connectivity index (χ3v) is 3.87. The summed E-state index contributed by atoms with van der Waals surface area (Å²) in [5.41, 5.74) is 2.51. The van der Waals surface area contributed by atoms with E-state index < -0.39 is 0 Å². The van der Waals surface area contributed by atoms with Crippen molar-refractivity contribution in [1.29, 1.82) is 0 Å². The van der Waals surface area contributed by atoms with Gasteiger partial charge in [0.05, 0.1) is 26.3 Å². The fourth-order valence-corrected chi connectivity index (χ4v) is 2.63. The van der Waals surface area contributed by atoms with Crippen LogP contribution in [0.3, 0.4) is 0 Å². The Labute approximate surface area is 140 Å². The molecular weight excluding hydrogens is 308 g/mol. The summed E-state index contributed by atoms with van der Waals surface area (Å²) in [6, 6.07) is 3.77. The number of rotatable bonds is 5. The van der Waals surface area contributed by atoms with Crippen molar-refractivity contribution in [3.8, 4) is 23.0 Å². The Kier molecular flexibility index (Phi) is 4.24. The van der Waals surface area contributed by atoms with Crippen molar-refractivity contribution < 1.29 is 13.9 Å². The molecule has 126 valence electrons. The summed E-state index contributed by atoms with van der Waals surface area (Å²) >= 11 is 0. The Morgan fingerprint density at radius 1 is 1.12 bits per heavy atom. The molecule has 0 aliphatic rings. The average molecular weight is 328 g/mol. The quantitative estimate of drug-likeness (QED) is 0.717. The molecule has 0 spiro atoms. The normalized spacial score (nSPS) is 10.9. The fourth-order valence-electron chi connectivity index (χ4n) is 2.63. The summed E-state index contributed by atoms with van der Waals surface area (Å²) in [4.78, 5) is 8.74. The molecular formula is C17H20N4O3. The van der Waals surface area contributed by atoms with Crippen LogP contribution in [-0.2, 0) is 6.54 Å². The molecule has 0 N–H and O–H groups in total. The molecule has 2 heterocycles. The van der Waals surface area contributed by atoms with E-state index in [0.717, 1.165) is 34.2 Å². The number of aryl methyl sites for hydroxylation is 2. The number of ether oxygens (including phenoxy) is 2. The number of oxazole rings is 1. The van der Waals surface area contributed by atoms with E-state index in [1.807, 2.05) is 32.9 Å². The van der Waals surface area contributed by atoms with Crippen LogP contribution >= 0.6 is 0 Å². The number of aromatic nitrogens is 4. The van der Waals surface area contributed by atoms with Gasteiger partial charge in [-0.3, -0.25) is 0 Å². The van der Waals surface area contributed by atoms with Crippen molar-refractivity contribution in [2.75, 3.05) is 14.2 Å². The highest BCUT2D eigenvalue weighted by Gasteiger charge is 2.19. The monoisotopic (exact) mass is 328 g/mol. The van der Waals surface area contributed by atoms with Gasteiger partial charge < -0.3 is 13.9 Å². The Bertz CT molecular complexity index is 867. The third kappa shape index (κ3) is 2.84. The van der Waals surface area contributed by atoms with Crippen molar-refractivity contribution >= 4 is 0 Å². The molecule has 3 rings (SSSR count). The molecule has 0 atom stereocenters. The maximum Gasteiger partial charge on any atom is 0.230 e. The van der Waals surface area contributed by atoms with Crippen molar-refractivity contribution in [2.24, 2.45) is 0 Å². The van der Waals surface area contributed by atoms with E-state index in [1.165, 1.54) is 0 Å². The van der Waals surface area contributed by atoms with Crippen LogP contribution in [0.4, 0.5) is 0 Å². The Hall–Kier alpha value is -2.83. The topological polar surface area (TPSA) is 75.2 Å². The third-order valence-electron chi connectivity index (χ3n) is 3.87. The van der Waals surface area contributed by atoms with Gasteiger partial charge in [-0.05, 0) is 32.9 Å². The molecule has 0 saturated carbocycles. The summed E-state index contributed by atoms with van der Waals surface area (Å²) in [5.74, 6) is 3.44. The first kappa shape index (κ1) is 16.0. The van der Waals surface area contributed by atoms with Crippen molar-refractivity contribution in [1.82, 2.24) is 19.7 Å². The smallest absolute Gasteiger partial charge is 0.230 e. The molecule has 0 fully saturated rings. The first-order chi connectivity index (χ1) is 11.5. The van der Waals surface area contributed by atoms with Crippen LogP contribution in [0.1, 0.15) is 22.8 Å². The van der Waals surface area contributed by atoms with Crippen LogP contribution in [0.5, 0.6) is 11.5 Å². The maximum absolute atomic E-state index is 5.86. The second-order valence-corrected chi connectivity index (χ2v) is 5.48. The van der Waals surface area contributed by atoms with Crippen LogP contribution in [0, 0.1) is 20.8 Å². The molecule has 0 aliphatic carbocycles. The lowest BCUT2D eigenvalue weighted by atomic mass is 10.1. The Morgan fingerprint density at radius 3 is 2.54 bits per heavy atom. The predicted molar refractivity (Wildman–Crippen MR) is 88.4 cm³/mol. The first-order valence-corrected chi connectivity index (χ1v) is 7.57. The van der Waals surface area contributed by atoms with E-state index >= 15 is 0 Å². The molecule has 0 radical (unpaired) electrons. The Morgan fingerprint density at radius 2 is 1.92 bits per heavy atom. The minimum Gasteiger partial charge on any atom is -0.496 e. The zero-order chi connectivity index (χ0) is 17.3. The molecule has 7 heteroatoms. The van der Waals surface area contributed by atoms with E-state index in [0.29, 0.717) is 18.2 Å². The SMILES string of the molecule is COc1ccc(-c2nc(Cn3cnc(C)n3)c(C)o2)c(OC)c1C. The van der Waals surface area contributed by atoms with Gasteiger partial charge in [0, 0.05) is 5.56 Å². The number of nitrogens with zero attached hydrogens (tertiary/aromatic N) is 4. The molecule has 0 bridgehead atoms. The largest absolute Gasteiger partial charge is 0.496 e. The molecule has 1 aromatic carbocycles.